The van der Waals surface area contributed by atoms with Crippen LogP contribution in [0.5, 0.6) is 11.5 Å². The Hall–Kier alpha value is -2.80. The van der Waals surface area contributed by atoms with Gasteiger partial charge in [-0.1, -0.05) is 6.07 Å². The molecule has 1 N–H and O–H groups in total. The maximum atomic E-state index is 12.5. The average Bonchev–Trinajstić information content (AvgIpc) is 3.22. The van der Waals surface area contributed by atoms with Gasteiger partial charge in [0.05, 0.1) is 18.8 Å². The number of rotatable bonds is 7. The Morgan fingerprint density at radius 1 is 1.04 bits per heavy atom. The Bertz CT molecular complexity index is 858. The molecule has 7 heteroatoms. The number of benzene rings is 1. The van der Waals surface area contributed by atoms with Crippen molar-refractivity contribution in [3.05, 3.63) is 46.3 Å². The summed E-state index contributed by atoms with van der Waals surface area (Å²) in [6, 6.07) is 9.03. The average molecular weight is 372 g/mol. The summed E-state index contributed by atoms with van der Waals surface area (Å²) in [4.78, 5) is 26.9. The third-order valence-corrected chi connectivity index (χ3v) is 4.75. The van der Waals surface area contributed by atoms with Crippen LogP contribution in [-0.2, 0) is 9.59 Å². The van der Waals surface area contributed by atoms with Crippen LogP contribution in [0, 0.1) is 0 Å². The van der Waals surface area contributed by atoms with E-state index in [4.69, 9.17) is 9.47 Å². The highest BCUT2D eigenvalue weighted by Gasteiger charge is 2.37. The lowest BCUT2D eigenvalue weighted by atomic mass is 10.2. The number of imide groups is 1. The van der Waals surface area contributed by atoms with Crippen molar-refractivity contribution in [1.82, 2.24) is 4.90 Å². The number of nitrogens with zero attached hydrogens (tertiary/aromatic N) is 1. The molecule has 0 spiro atoms. The van der Waals surface area contributed by atoms with Gasteiger partial charge in [-0.15, -0.1) is 11.3 Å². The van der Waals surface area contributed by atoms with Gasteiger partial charge < -0.3 is 14.8 Å². The second kappa shape index (κ2) is 7.61. The van der Waals surface area contributed by atoms with E-state index in [2.05, 4.69) is 5.32 Å². The van der Waals surface area contributed by atoms with Crippen LogP contribution in [0.15, 0.2) is 41.4 Å². The third-order valence-electron chi connectivity index (χ3n) is 3.87. The molecule has 0 radical (unpaired) electrons. The minimum absolute atomic E-state index is 0.270. The van der Waals surface area contributed by atoms with Crippen molar-refractivity contribution in [1.29, 1.82) is 0 Å². The quantitative estimate of drug-likeness (QED) is 0.755. The number of hydrogen-bond donors (Lipinski definition) is 1. The van der Waals surface area contributed by atoms with Gasteiger partial charge in [-0.25, -0.2) is 0 Å². The van der Waals surface area contributed by atoms with Gasteiger partial charge in [0.2, 0.25) is 0 Å². The standard InChI is InChI=1S/C19H20N2O4S/c1-4-24-13-9-8-12(11-14(13)25-5-2)20-17-16(15-7-6-10-26-15)18(22)21(3)19(17)23/h6-11,20H,4-5H2,1-3H3. The van der Waals surface area contributed by atoms with Crippen LogP contribution in [0.4, 0.5) is 5.69 Å². The molecule has 0 saturated carbocycles. The second-order valence-corrected chi connectivity index (χ2v) is 6.50. The maximum absolute atomic E-state index is 12.5. The lowest BCUT2D eigenvalue weighted by Crippen LogP contribution is -2.27. The fourth-order valence-corrected chi connectivity index (χ4v) is 3.45. The van der Waals surface area contributed by atoms with Crippen molar-refractivity contribution < 1.29 is 19.1 Å². The normalized spacial score (nSPS) is 14.2. The second-order valence-electron chi connectivity index (χ2n) is 5.55. The molecule has 2 aromatic rings. The molecule has 3 rings (SSSR count). The third kappa shape index (κ3) is 3.30. The molecule has 2 amide bonds. The minimum atomic E-state index is -0.356. The summed E-state index contributed by atoms with van der Waals surface area (Å²) >= 11 is 1.42. The fraction of sp³-hybridized carbons (Fsp3) is 0.263. The van der Waals surface area contributed by atoms with E-state index >= 15 is 0 Å². The van der Waals surface area contributed by atoms with Crippen LogP contribution >= 0.6 is 11.3 Å². The van der Waals surface area contributed by atoms with Gasteiger partial charge in [-0.2, -0.15) is 0 Å². The monoisotopic (exact) mass is 372 g/mol. The summed E-state index contributed by atoms with van der Waals surface area (Å²) in [6.45, 7) is 4.81. The zero-order valence-corrected chi connectivity index (χ0v) is 15.7. The molecule has 26 heavy (non-hydrogen) atoms. The van der Waals surface area contributed by atoms with Gasteiger partial charge >= 0.3 is 0 Å². The Morgan fingerprint density at radius 2 is 1.77 bits per heavy atom. The summed E-state index contributed by atoms with van der Waals surface area (Å²) in [7, 11) is 1.48. The molecule has 1 aromatic heterocycles. The Kier molecular flexibility index (Phi) is 5.27. The largest absolute Gasteiger partial charge is 0.490 e. The van der Waals surface area contributed by atoms with Crippen LogP contribution in [0.1, 0.15) is 18.7 Å². The van der Waals surface area contributed by atoms with Crippen molar-refractivity contribution in [3.63, 3.8) is 0 Å². The molecule has 136 valence electrons. The van der Waals surface area contributed by atoms with E-state index in [-0.39, 0.29) is 17.5 Å². The first-order chi connectivity index (χ1) is 12.6. The Labute approximate surface area is 156 Å². The molecule has 0 fully saturated rings. The van der Waals surface area contributed by atoms with E-state index in [1.807, 2.05) is 31.4 Å². The number of likely N-dealkylation sites (N-methyl/N-ethyl adjacent to an activating group) is 1. The van der Waals surface area contributed by atoms with Crippen molar-refractivity contribution in [2.75, 3.05) is 25.6 Å². The van der Waals surface area contributed by atoms with Crippen LogP contribution in [-0.4, -0.2) is 37.0 Å². The summed E-state index contributed by atoms with van der Waals surface area (Å²) in [6.07, 6.45) is 0. The van der Waals surface area contributed by atoms with Crippen molar-refractivity contribution in [2.45, 2.75) is 13.8 Å². The molecule has 0 atom stereocenters. The van der Waals surface area contributed by atoms with Crippen LogP contribution in [0.3, 0.4) is 0 Å². The number of anilines is 1. The highest BCUT2D eigenvalue weighted by molar-refractivity contribution is 7.11. The van der Waals surface area contributed by atoms with Gasteiger partial charge in [0, 0.05) is 23.7 Å². The highest BCUT2D eigenvalue weighted by Crippen LogP contribution is 2.35. The van der Waals surface area contributed by atoms with Gasteiger partial charge in [-0.05, 0) is 37.4 Å². The lowest BCUT2D eigenvalue weighted by molar-refractivity contribution is -0.135. The van der Waals surface area contributed by atoms with E-state index in [0.717, 1.165) is 9.78 Å². The van der Waals surface area contributed by atoms with Gasteiger partial charge in [0.1, 0.15) is 5.70 Å². The number of carbonyl (C=O) groups is 2. The van der Waals surface area contributed by atoms with Gasteiger partial charge in [-0.3, -0.25) is 14.5 Å². The molecule has 0 saturated heterocycles. The van der Waals surface area contributed by atoms with Gasteiger partial charge in [0.25, 0.3) is 11.8 Å². The summed E-state index contributed by atoms with van der Waals surface area (Å²) in [5, 5.41) is 4.97. The number of nitrogens with one attached hydrogen (secondary N) is 1. The molecule has 6 nitrogen and oxygen atoms in total. The first-order valence-electron chi connectivity index (χ1n) is 8.34. The van der Waals surface area contributed by atoms with E-state index < -0.39 is 0 Å². The first-order valence-corrected chi connectivity index (χ1v) is 9.22. The highest BCUT2D eigenvalue weighted by atomic mass is 32.1. The van der Waals surface area contributed by atoms with E-state index in [1.165, 1.54) is 18.4 Å². The smallest absolute Gasteiger partial charge is 0.277 e. The minimum Gasteiger partial charge on any atom is -0.490 e. The SMILES string of the molecule is CCOc1ccc(NC2=C(c3cccs3)C(=O)N(C)C2=O)cc1OCC. The fourth-order valence-electron chi connectivity index (χ4n) is 2.68. The molecular formula is C19H20N2O4S. The molecule has 0 unspecified atom stereocenters. The maximum Gasteiger partial charge on any atom is 0.277 e. The molecule has 0 bridgehead atoms. The number of carbonyl (C=O) groups excluding carboxylic acids is 2. The zero-order valence-electron chi connectivity index (χ0n) is 14.9. The molecule has 1 aromatic carbocycles. The van der Waals surface area contributed by atoms with Gasteiger partial charge in [0.15, 0.2) is 11.5 Å². The van der Waals surface area contributed by atoms with Crippen LogP contribution in [0.2, 0.25) is 0 Å². The number of ether oxygens (including phenoxy) is 2. The van der Waals surface area contributed by atoms with Crippen molar-refractivity contribution in [3.8, 4) is 11.5 Å². The molecule has 1 aliphatic heterocycles. The molecule has 1 aliphatic rings. The first kappa shape index (κ1) is 18.0. The van der Waals surface area contributed by atoms with Crippen LogP contribution < -0.4 is 14.8 Å². The van der Waals surface area contributed by atoms with E-state index in [1.54, 1.807) is 18.2 Å². The molecular weight excluding hydrogens is 352 g/mol. The summed E-state index contributed by atoms with van der Waals surface area (Å²) < 4.78 is 11.2. The summed E-state index contributed by atoms with van der Waals surface area (Å²) in [5.41, 5.74) is 1.31. The zero-order chi connectivity index (χ0) is 18.7. The van der Waals surface area contributed by atoms with E-state index in [9.17, 15) is 9.59 Å². The predicted octanol–water partition coefficient (Wildman–Crippen LogP) is 3.37. The summed E-state index contributed by atoms with van der Waals surface area (Å²) in [5.74, 6) is 0.558. The number of hydrogen-bond acceptors (Lipinski definition) is 6. The number of thiophene rings is 1. The van der Waals surface area contributed by atoms with E-state index in [0.29, 0.717) is 36.0 Å². The lowest BCUT2D eigenvalue weighted by Gasteiger charge is -2.14. The Morgan fingerprint density at radius 3 is 2.42 bits per heavy atom. The molecule has 0 aliphatic carbocycles. The topological polar surface area (TPSA) is 67.9 Å². The number of amides is 2. The van der Waals surface area contributed by atoms with Crippen molar-refractivity contribution in [2.24, 2.45) is 0 Å². The predicted molar refractivity (Wildman–Crippen MR) is 101 cm³/mol. The van der Waals surface area contributed by atoms with Crippen molar-refractivity contribution >= 4 is 34.4 Å². The Balaban J connectivity index is 1.99. The van der Waals surface area contributed by atoms with Crippen LogP contribution in [0.25, 0.3) is 5.57 Å². The molecule has 2 heterocycles.